The van der Waals surface area contributed by atoms with Crippen LogP contribution in [-0.2, 0) is 0 Å². The third-order valence-corrected chi connectivity index (χ3v) is 4.03. The van der Waals surface area contributed by atoms with Gasteiger partial charge in [0.1, 0.15) is 5.69 Å². The lowest BCUT2D eigenvalue weighted by Crippen LogP contribution is -2.32. The standard InChI is InChI=1S/C17H28N4O/c1-3-4-7-10-18-17-19-14(2)13-15(20-17)16(22)21-11-8-5-6-9-12-21/h13H,3-12H2,1-2H3,(H,18,19,20). The second-order valence-electron chi connectivity index (χ2n) is 6.06. The van der Waals surface area contributed by atoms with Crippen molar-refractivity contribution in [2.24, 2.45) is 0 Å². The second kappa shape index (κ2) is 8.71. The van der Waals surface area contributed by atoms with E-state index in [9.17, 15) is 4.79 Å². The average molecular weight is 304 g/mol. The van der Waals surface area contributed by atoms with E-state index in [-0.39, 0.29) is 5.91 Å². The monoisotopic (exact) mass is 304 g/mol. The zero-order chi connectivity index (χ0) is 15.8. The van der Waals surface area contributed by atoms with Gasteiger partial charge in [-0.25, -0.2) is 9.97 Å². The maximum Gasteiger partial charge on any atom is 0.272 e. The van der Waals surface area contributed by atoms with E-state index >= 15 is 0 Å². The Balaban J connectivity index is 2.02. The van der Waals surface area contributed by atoms with Crippen LogP contribution >= 0.6 is 0 Å². The molecular formula is C17H28N4O. The lowest BCUT2D eigenvalue weighted by molar-refractivity contribution is 0.0755. The molecule has 2 heterocycles. The highest BCUT2D eigenvalue weighted by Crippen LogP contribution is 2.14. The van der Waals surface area contributed by atoms with Crippen molar-refractivity contribution in [3.05, 3.63) is 17.5 Å². The maximum atomic E-state index is 12.6. The zero-order valence-corrected chi connectivity index (χ0v) is 13.9. The third-order valence-electron chi connectivity index (χ3n) is 4.03. The highest BCUT2D eigenvalue weighted by atomic mass is 16.2. The molecule has 0 atom stereocenters. The van der Waals surface area contributed by atoms with Gasteiger partial charge in [-0.05, 0) is 32.3 Å². The zero-order valence-electron chi connectivity index (χ0n) is 13.9. The molecule has 1 fully saturated rings. The van der Waals surface area contributed by atoms with Crippen LogP contribution in [0.3, 0.4) is 0 Å². The Morgan fingerprint density at radius 3 is 2.59 bits per heavy atom. The van der Waals surface area contributed by atoms with E-state index < -0.39 is 0 Å². The van der Waals surface area contributed by atoms with Crippen LogP contribution in [0.1, 0.15) is 68.1 Å². The molecule has 0 aliphatic carbocycles. The third kappa shape index (κ3) is 4.97. The number of aryl methyl sites for hydroxylation is 1. The summed E-state index contributed by atoms with van der Waals surface area (Å²) in [5.74, 6) is 0.623. The van der Waals surface area contributed by atoms with E-state index in [4.69, 9.17) is 0 Å². The van der Waals surface area contributed by atoms with E-state index in [1.54, 1.807) is 6.07 Å². The summed E-state index contributed by atoms with van der Waals surface area (Å²) in [4.78, 5) is 23.4. The van der Waals surface area contributed by atoms with E-state index in [1.165, 1.54) is 25.7 Å². The van der Waals surface area contributed by atoms with Crippen molar-refractivity contribution in [2.45, 2.75) is 58.8 Å². The van der Waals surface area contributed by atoms with E-state index in [2.05, 4.69) is 22.2 Å². The van der Waals surface area contributed by atoms with E-state index in [0.717, 1.165) is 44.6 Å². The van der Waals surface area contributed by atoms with Crippen molar-refractivity contribution in [2.75, 3.05) is 25.0 Å². The number of amides is 1. The summed E-state index contributed by atoms with van der Waals surface area (Å²) in [5, 5.41) is 3.24. The summed E-state index contributed by atoms with van der Waals surface area (Å²) < 4.78 is 0. The molecule has 1 saturated heterocycles. The molecule has 1 amide bonds. The smallest absolute Gasteiger partial charge is 0.272 e. The minimum atomic E-state index is 0.0454. The largest absolute Gasteiger partial charge is 0.354 e. The number of hydrogen-bond donors (Lipinski definition) is 1. The summed E-state index contributed by atoms with van der Waals surface area (Å²) in [6.07, 6.45) is 8.11. The lowest BCUT2D eigenvalue weighted by Gasteiger charge is -2.20. The molecule has 0 unspecified atom stereocenters. The minimum absolute atomic E-state index is 0.0454. The molecule has 1 aromatic rings. The Kier molecular flexibility index (Phi) is 6.62. The number of carbonyl (C=O) groups is 1. The highest BCUT2D eigenvalue weighted by Gasteiger charge is 2.19. The van der Waals surface area contributed by atoms with Crippen molar-refractivity contribution in [3.63, 3.8) is 0 Å². The Morgan fingerprint density at radius 1 is 1.18 bits per heavy atom. The van der Waals surface area contributed by atoms with Gasteiger partial charge in [-0.1, -0.05) is 32.6 Å². The van der Waals surface area contributed by atoms with Gasteiger partial charge in [-0.3, -0.25) is 4.79 Å². The first-order chi connectivity index (χ1) is 10.7. The van der Waals surface area contributed by atoms with Gasteiger partial charge in [0, 0.05) is 25.3 Å². The minimum Gasteiger partial charge on any atom is -0.354 e. The number of nitrogens with one attached hydrogen (secondary N) is 1. The number of carbonyl (C=O) groups excluding carboxylic acids is 1. The Hall–Kier alpha value is -1.65. The Bertz CT molecular complexity index is 482. The maximum absolute atomic E-state index is 12.6. The van der Waals surface area contributed by atoms with Crippen LogP contribution in [0.15, 0.2) is 6.07 Å². The summed E-state index contributed by atoms with van der Waals surface area (Å²) in [7, 11) is 0. The van der Waals surface area contributed by atoms with Gasteiger partial charge in [0.25, 0.3) is 5.91 Å². The van der Waals surface area contributed by atoms with Gasteiger partial charge in [-0.2, -0.15) is 0 Å². The van der Waals surface area contributed by atoms with E-state index in [1.807, 2.05) is 11.8 Å². The predicted molar refractivity (Wildman–Crippen MR) is 89.2 cm³/mol. The Labute approximate surface area is 133 Å². The number of anilines is 1. The number of hydrogen-bond acceptors (Lipinski definition) is 4. The molecular weight excluding hydrogens is 276 g/mol. The molecule has 1 aliphatic rings. The fraction of sp³-hybridized carbons (Fsp3) is 0.706. The molecule has 5 nitrogen and oxygen atoms in total. The molecule has 122 valence electrons. The molecule has 22 heavy (non-hydrogen) atoms. The molecule has 1 aromatic heterocycles. The molecule has 0 saturated carbocycles. The molecule has 5 heteroatoms. The summed E-state index contributed by atoms with van der Waals surface area (Å²) in [5.41, 5.74) is 1.36. The van der Waals surface area contributed by atoms with Crippen molar-refractivity contribution in [3.8, 4) is 0 Å². The summed E-state index contributed by atoms with van der Waals surface area (Å²) >= 11 is 0. The molecule has 2 rings (SSSR count). The van der Waals surface area contributed by atoms with Gasteiger partial charge in [0.2, 0.25) is 5.95 Å². The summed E-state index contributed by atoms with van der Waals surface area (Å²) in [6, 6.07) is 1.80. The van der Waals surface area contributed by atoms with E-state index in [0.29, 0.717) is 11.6 Å². The van der Waals surface area contributed by atoms with Crippen LogP contribution in [0, 0.1) is 6.92 Å². The van der Waals surface area contributed by atoms with Crippen molar-refractivity contribution >= 4 is 11.9 Å². The summed E-state index contributed by atoms with van der Waals surface area (Å²) in [6.45, 7) is 6.65. The quantitative estimate of drug-likeness (QED) is 0.818. The second-order valence-corrected chi connectivity index (χ2v) is 6.06. The number of aromatic nitrogens is 2. The molecule has 0 aromatic carbocycles. The molecule has 0 spiro atoms. The number of nitrogens with zero attached hydrogens (tertiary/aromatic N) is 3. The Morgan fingerprint density at radius 2 is 1.91 bits per heavy atom. The van der Waals surface area contributed by atoms with Crippen LogP contribution in [-0.4, -0.2) is 40.4 Å². The normalized spacial score (nSPS) is 15.5. The van der Waals surface area contributed by atoms with Gasteiger partial charge in [0.15, 0.2) is 0 Å². The van der Waals surface area contributed by atoms with Crippen LogP contribution in [0.2, 0.25) is 0 Å². The molecule has 0 radical (unpaired) electrons. The van der Waals surface area contributed by atoms with Gasteiger partial charge >= 0.3 is 0 Å². The topological polar surface area (TPSA) is 58.1 Å². The van der Waals surface area contributed by atoms with Crippen LogP contribution in [0.5, 0.6) is 0 Å². The van der Waals surface area contributed by atoms with Crippen molar-refractivity contribution in [1.29, 1.82) is 0 Å². The first-order valence-corrected chi connectivity index (χ1v) is 8.59. The van der Waals surface area contributed by atoms with Crippen LogP contribution < -0.4 is 5.32 Å². The fourth-order valence-corrected chi connectivity index (χ4v) is 2.77. The number of likely N-dealkylation sites (tertiary alicyclic amines) is 1. The lowest BCUT2D eigenvalue weighted by atomic mass is 10.2. The molecule has 0 bridgehead atoms. The highest BCUT2D eigenvalue weighted by molar-refractivity contribution is 5.92. The molecule has 1 aliphatic heterocycles. The van der Waals surface area contributed by atoms with Crippen molar-refractivity contribution in [1.82, 2.24) is 14.9 Å². The number of rotatable bonds is 6. The van der Waals surface area contributed by atoms with Crippen LogP contribution in [0.4, 0.5) is 5.95 Å². The SMILES string of the molecule is CCCCCNc1nc(C)cc(C(=O)N2CCCCCC2)n1. The first-order valence-electron chi connectivity index (χ1n) is 8.59. The first kappa shape index (κ1) is 16.7. The van der Waals surface area contributed by atoms with Gasteiger partial charge in [-0.15, -0.1) is 0 Å². The van der Waals surface area contributed by atoms with Crippen LogP contribution in [0.25, 0.3) is 0 Å². The van der Waals surface area contributed by atoms with Gasteiger partial charge in [0.05, 0.1) is 0 Å². The van der Waals surface area contributed by atoms with Crippen molar-refractivity contribution < 1.29 is 4.79 Å². The predicted octanol–water partition coefficient (Wildman–Crippen LogP) is 3.40. The average Bonchev–Trinajstić information content (AvgIpc) is 2.79. The number of unbranched alkanes of at least 4 members (excludes halogenated alkanes) is 2. The molecule has 1 N–H and O–H groups in total. The fourth-order valence-electron chi connectivity index (χ4n) is 2.77. The van der Waals surface area contributed by atoms with Gasteiger partial charge < -0.3 is 10.2 Å².